The second kappa shape index (κ2) is 7.85. The molecule has 1 saturated heterocycles. The summed E-state index contributed by atoms with van der Waals surface area (Å²) >= 11 is 0. The van der Waals surface area contributed by atoms with Crippen molar-refractivity contribution in [3.63, 3.8) is 0 Å². The topological polar surface area (TPSA) is 63.1 Å². The predicted octanol–water partition coefficient (Wildman–Crippen LogP) is 1.95. The molecule has 0 aromatic carbocycles. The lowest BCUT2D eigenvalue weighted by atomic mass is 10.1. The van der Waals surface area contributed by atoms with Crippen LogP contribution in [-0.4, -0.2) is 45.6 Å². The van der Waals surface area contributed by atoms with E-state index in [1.807, 2.05) is 23.6 Å². The molecule has 3 heterocycles. The van der Waals surface area contributed by atoms with Crippen LogP contribution < -0.4 is 10.9 Å². The van der Waals surface area contributed by atoms with E-state index in [0.29, 0.717) is 17.6 Å². The van der Waals surface area contributed by atoms with Crippen molar-refractivity contribution >= 4 is 11.0 Å². The molecular formula is C18H27N5O. The second-order valence-electron chi connectivity index (χ2n) is 6.33. The van der Waals surface area contributed by atoms with Gasteiger partial charge in [0.1, 0.15) is 5.82 Å². The number of fused-ring (bicyclic) bond motifs is 1. The summed E-state index contributed by atoms with van der Waals surface area (Å²) in [6, 6.07) is 3.92. The molecule has 1 aliphatic heterocycles. The van der Waals surface area contributed by atoms with Gasteiger partial charge in [0.05, 0.1) is 11.6 Å². The highest BCUT2D eigenvalue weighted by Crippen LogP contribution is 2.25. The summed E-state index contributed by atoms with van der Waals surface area (Å²) in [6.07, 6.45) is 4.87. The number of nitrogens with zero attached hydrogens (tertiary/aromatic N) is 4. The number of hydrogen-bond donors (Lipinski definition) is 1. The lowest BCUT2D eigenvalue weighted by Gasteiger charge is -2.31. The van der Waals surface area contributed by atoms with Gasteiger partial charge in [0.15, 0.2) is 5.52 Å². The summed E-state index contributed by atoms with van der Waals surface area (Å²) in [5.41, 5.74) is 1.15. The van der Waals surface area contributed by atoms with Crippen LogP contribution in [0.15, 0.2) is 23.1 Å². The first kappa shape index (κ1) is 17.0. The zero-order valence-electron chi connectivity index (χ0n) is 14.7. The summed E-state index contributed by atoms with van der Waals surface area (Å²) < 4.78 is 1.81. The Morgan fingerprint density at radius 2 is 2.17 bits per heavy atom. The Morgan fingerprint density at radius 1 is 1.29 bits per heavy atom. The Morgan fingerprint density at radius 3 is 2.96 bits per heavy atom. The van der Waals surface area contributed by atoms with E-state index in [0.717, 1.165) is 51.3 Å². The Bertz CT molecular complexity index is 734. The van der Waals surface area contributed by atoms with Crippen molar-refractivity contribution in [2.45, 2.75) is 45.7 Å². The van der Waals surface area contributed by atoms with Crippen molar-refractivity contribution in [1.82, 2.24) is 24.8 Å². The minimum atomic E-state index is -0.0212. The van der Waals surface area contributed by atoms with Crippen molar-refractivity contribution in [2.75, 3.05) is 26.2 Å². The fourth-order valence-electron chi connectivity index (χ4n) is 3.55. The highest BCUT2D eigenvalue weighted by molar-refractivity contribution is 5.72. The van der Waals surface area contributed by atoms with Gasteiger partial charge in [-0.1, -0.05) is 13.3 Å². The highest BCUT2D eigenvalue weighted by atomic mass is 16.1. The molecule has 2 aromatic rings. The summed E-state index contributed by atoms with van der Waals surface area (Å²) in [7, 11) is 0. The quantitative estimate of drug-likeness (QED) is 0.908. The van der Waals surface area contributed by atoms with Crippen LogP contribution in [0, 0.1) is 0 Å². The first-order valence-electron chi connectivity index (χ1n) is 9.06. The zero-order valence-corrected chi connectivity index (χ0v) is 14.7. The molecule has 6 nitrogen and oxygen atoms in total. The van der Waals surface area contributed by atoms with Gasteiger partial charge < -0.3 is 5.32 Å². The van der Waals surface area contributed by atoms with Crippen LogP contribution in [0.4, 0.5) is 0 Å². The molecule has 3 rings (SSSR count). The van der Waals surface area contributed by atoms with Gasteiger partial charge in [0.2, 0.25) is 0 Å². The van der Waals surface area contributed by atoms with E-state index < -0.39 is 0 Å². The molecule has 1 unspecified atom stereocenters. The molecule has 1 N–H and O–H groups in total. The van der Waals surface area contributed by atoms with Crippen LogP contribution in [0.5, 0.6) is 0 Å². The fourth-order valence-corrected chi connectivity index (χ4v) is 3.55. The summed E-state index contributed by atoms with van der Waals surface area (Å²) in [4.78, 5) is 24.5. The van der Waals surface area contributed by atoms with Gasteiger partial charge in [-0.15, -0.1) is 0 Å². The molecule has 2 aromatic heterocycles. The molecule has 130 valence electrons. The van der Waals surface area contributed by atoms with E-state index in [1.165, 1.54) is 0 Å². The van der Waals surface area contributed by atoms with Gasteiger partial charge in [-0.3, -0.25) is 14.3 Å². The van der Waals surface area contributed by atoms with Gasteiger partial charge in [-0.2, -0.15) is 0 Å². The zero-order chi connectivity index (χ0) is 16.9. The van der Waals surface area contributed by atoms with Crippen LogP contribution in [0.1, 0.15) is 45.0 Å². The van der Waals surface area contributed by atoms with E-state index in [4.69, 9.17) is 4.98 Å². The first-order chi connectivity index (χ1) is 11.8. The number of aromatic nitrogens is 3. The summed E-state index contributed by atoms with van der Waals surface area (Å²) in [5, 5.41) is 3.45. The molecule has 1 fully saturated rings. The largest absolute Gasteiger partial charge is 0.315 e. The van der Waals surface area contributed by atoms with Gasteiger partial charge in [-0.25, -0.2) is 9.97 Å². The number of pyridine rings is 1. The van der Waals surface area contributed by atoms with Crippen LogP contribution in [0.25, 0.3) is 11.0 Å². The van der Waals surface area contributed by atoms with Crippen molar-refractivity contribution in [2.24, 2.45) is 0 Å². The predicted molar refractivity (Wildman–Crippen MR) is 96.2 cm³/mol. The molecule has 0 aliphatic carbocycles. The number of hydrogen-bond acceptors (Lipinski definition) is 5. The summed E-state index contributed by atoms with van der Waals surface area (Å²) in [6.45, 7) is 8.92. The van der Waals surface area contributed by atoms with E-state index in [-0.39, 0.29) is 11.6 Å². The standard InChI is InChI=1S/C18H27N5O/c1-3-7-15(22-12-6-9-19-11-13-22)17-21-14-8-5-10-20-16(14)18(24)23(17)4-2/h5,8,10,15,19H,3-4,6-7,9,11-13H2,1-2H3. The third kappa shape index (κ3) is 3.35. The van der Waals surface area contributed by atoms with Gasteiger partial charge in [0, 0.05) is 32.4 Å². The molecule has 24 heavy (non-hydrogen) atoms. The normalized spacial score (nSPS) is 17.8. The van der Waals surface area contributed by atoms with Crippen LogP contribution in [0.3, 0.4) is 0 Å². The van der Waals surface area contributed by atoms with Crippen molar-refractivity contribution in [3.05, 3.63) is 34.5 Å². The highest BCUT2D eigenvalue weighted by Gasteiger charge is 2.25. The summed E-state index contributed by atoms with van der Waals surface area (Å²) in [5.74, 6) is 0.895. The molecule has 0 saturated carbocycles. The monoisotopic (exact) mass is 329 g/mol. The maximum Gasteiger partial charge on any atom is 0.280 e. The lowest BCUT2D eigenvalue weighted by molar-refractivity contribution is 0.185. The van der Waals surface area contributed by atoms with Gasteiger partial charge >= 0.3 is 0 Å². The minimum absolute atomic E-state index is 0.0212. The SMILES string of the molecule is CCCC(c1nc2cccnc2c(=O)n1CC)N1CCCNCC1. The third-order valence-electron chi connectivity index (χ3n) is 4.74. The van der Waals surface area contributed by atoms with Crippen molar-refractivity contribution < 1.29 is 0 Å². The number of rotatable bonds is 5. The Balaban J connectivity index is 2.10. The number of nitrogens with one attached hydrogen (secondary N) is 1. The smallest absolute Gasteiger partial charge is 0.280 e. The molecule has 0 radical (unpaired) electrons. The molecular weight excluding hydrogens is 302 g/mol. The lowest BCUT2D eigenvalue weighted by Crippen LogP contribution is -2.37. The molecule has 1 aliphatic rings. The molecule has 0 spiro atoms. The van der Waals surface area contributed by atoms with E-state index in [9.17, 15) is 4.79 Å². The van der Waals surface area contributed by atoms with Crippen molar-refractivity contribution in [1.29, 1.82) is 0 Å². The van der Waals surface area contributed by atoms with Gasteiger partial charge in [-0.05, 0) is 38.4 Å². The van der Waals surface area contributed by atoms with Crippen molar-refractivity contribution in [3.8, 4) is 0 Å². The minimum Gasteiger partial charge on any atom is -0.315 e. The Kier molecular flexibility index (Phi) is 5.58. The third-order valence-corrected chi connectivity index (χ3v) is 4.74. The van der Waals surface area contributed by atoms with E-state index >= 15 is 0 Å². The van der Waals surface area contributed by atoms with Crippen LogP contribution in [0.2, 0.25) is 0 Å². The maximum absolute atomic E-state index is 12.9. The fraction of sp³-hybridized carbons (Fsp3) is 0.611. The molecule has 1 atom stereocenters. The van der Waals surface area contributed by atoms with Crippen LogP contribution >= 0.6 is 0 Å². The Hall–Kier alpha value is -1.79. The van der Waals surface area contributed by atoms with E-state index in [1.54, 1.807) is 6.20 Å². The van der Waals surface area contributed by atoms with Crippen LogP contribution in [-0.2, 0) is 6.54 Å². The molecule has 0 bridgehead atoms. The first-order valence-corrected chi connectivity index (χ1v) is 9.06. The Labute approximate surface area is 142 Å². The second-order valence-corrected chi connectivity index (χ2v) is 6.33. The van der Waals surface area contributed by atoms with E-state index in [2.05, 4.69) is 22.1 Å². The average molecular weight is 329 g/mol. The molecule has 6 heteroatoms. The maximum atomic E-state index is 12.9. The average Bonchev–Trinajstić information content (AvgIpc) is 2.89. The molecule has 0 amide bonds. The van der Waals surface area contributed by atoms with Gasteiger partial charge in [0.25, 0.3) is 5.56 Å².